The van der Waals surface area contributed by atoms with Gasteiger partial charge in [0.05, 0.1) is 27.8 Å². The molecule has 8 nitrogen and oxygen atoms in total. The summed E-state index contributed by atoms with van der Waals surface area (Å²) in [6.45, 7) is 3.82. The summed E-state index contributed by atoms with van der Waals surface area (Å²) in [5.74, 6) is -0.721. The number of amides is 2. The molecule has 1 aromatic heterocycles. The van der Waals surface area contributed by atoms with E-state index in [2.05, 4.69) is 0 Å². The summed E-state index contributed by atoms with van der Waals surface area (Å²) in [6.07, 6.45) is 1.23. The van der Waals surface area contributed by atoms with Gasteiger partial charge in [-0.1, -0.05) is 24.3 Å². The highest BCUT2D eigenvalue weighted by Crippen LogP contribution is 2.30. The van der Waals surface area contributed by atoms with Crippen LogP contribution in [0.3, 0.4) is 0 Å². The highest BCUT2D eigenvalue weighted by Gasteiger charge is 2.36. The van der Waals surface area contributed by atoms with Crippen LogP contribution in [0.1, 0.15) is 42.2 Å². The van der Waals surface area contributed by atoms with Crippen LogP contribution in [0.2, 0.25) is 0 Å². The Morgan fingerprint density at radius 1 is 0.775 bits per heavy atom. The lowest BCUT2D eigenvalue weighted by Gasteiger charge is -2.14. The van der Waals surface area contributed by atoms with E-state index in [0.29, 0.717) is 22.6 Å². The molecule has 40 heavy (non-hydrogen) atoms. The van der Waals surface area contributed by atoms with Crippen molar-refractivity contribution in [2.24, 2.45) is 0 Å². The number of carbonyl (C=O) groups excluding carboxylic acids is 3. The van der Waals surface area contributed by atoms with Crippen LogP contribution in [-0.4, -0.2) is 17.8 Å². The number of esters is 1. The minimum absolute atomic E-state index is 0.0455. The minimum atomic E-state index is -0.662. The lowest BCUT2D eigenvalue weighted by molar-refractivity contribution is 0.0734. The quantitative estimate of drug-likeness (QED) is 0.151. The largest absolute Gasteiger partial charge is 0.460 e. The van der Waals surface area contributed by atoms with Gasteiger partial charge in [0, 0.05) is 6.07 Å². The molecule has 0 N–H and O–H groups in total. The molecule has 5 aromatic rings. The predicted molar refractivity (Wildman–Crippen MR) is 147 cm³/mol. The van der Waals surface area contributed by atoms with E-state index in [4.69, 9.17) is 13.9 Å². The third kappa shape index (κ3) is 4.31. The maximum atomic E-state index is 13.0. The summed E-state index contributed by atoms with van der Waals surface area (Å²) in [4.78, 5) is 52.3. The third-order valence-electron chi connectivity index (χ3n) is 6.64. The van der Waals surface area contributed by atoms with Crippen molar-refractivity contribution < 1.29 is 28.3 Å². The van der Waals surface area contributed by atoms with Crippen LogP contribution in [0.4, 0.5) is 5.69 Å². The average Bonchev–Trinajstić information content (AvgIpc) is 3.22. The Hall–Kier alpha value is -5.50. The molecule has 0 bridgehead atoms. The molecule has 1 aliphatic rings. The van der Waals surface area contributed by atoms with Gasteiger partial charge in [0.25, 0.3) is 11.8 Å². The lowest BCUT2D eigenvalue weighted by Crippen LogP contribution is -2.29. The summed E-state index contributed by atoms with van der Waals surface area (Å²) < 4.78 is 16.9. The number of anilines is 1. The number of rotatable bonds is 5. The molecule has 196 valence electrons. The number of hydrogen-bond acceptors (Lipinski definition) is 7. The van der Waals surface area contributed by atoms with E-state index >= 15 is 0 Å². The number of aryl methyl sites for hydroxylation is 2. The molecule has 0 aliphatic carbocycles. The summed E-state index contributed by atoms with van der Waals surface area (Å²) in [6, 6.07) is 22.7. The second kappa shape index (κ2) is 9.67. The predicted octanol–water partition coefficient (Wildman–Crippen LogP) is 6.22. The van der Waals surface area contributed by atoms with Crippen molar-refractivity contribution in [1.82, 2.24) is 0 Å². The van der Waals surface area contributed by atoms with Gasteiger partial charge in [-0.25, -0.2) is 9.69 Å². The first kappa shape index (κ1) is 24.8. The first-order valence-electron chi connectivity index (χ1n) is 12.4. The molecule has 0 unspecified atom stereocenters. The van der Waals surface area contributed by atoms with Gasteiger partial charge in [-0.3, -0.25) is 14.4 Å². The molecule has 2 amide bonds. The first-order valence-corrected chi connectivity index (χ1v) is 12.4. The Morgan fingerprint density at radius 2 is 1.48 bits per heavy atom. The fourth-order valence-electron chi connectivity index (χ4n) is 4.50. The maximum absolute atomic E-state index is 13.0. The van der Waals surface area contributed by atoms with Crippen molar-refractivity contribution in [1.29, 1.82) is 0 Å². The Morgan fingerprint density at radius 3 is 2.17 bits per heavy atom. The van der Waals surface area contributed by atoms with Crippen LogP contribution in [0.15, 0.2) is 100 Å². The van der Waals surface area contributed by atoms with E-state index in [1.165, 1.54) is 48.7 Å². The van der Waals surface area contributed by atoms with Crippen LogP contribution in [-0.2, 0) is 0 Å². The Balaban J connectivity index is 1.19. The molecule has 0 radical (unpaired) electrons. The first-order chi connectivity index (χ1) is 19.3. The van der Waals surface area contributed by atoms with Crippen molar-refractivity contribution in [3.05, 3.63) is 129 Å². The number of imide groups is 1. The number of carbonyl (C=O) groups is 3. The molecule has 0 saturated carbocycles. The van der Waals surface area contributed by atoms with E-state index < -0.39 is 17.8 Å². The van der Waals surface area contributed by atoms with Crippen LogP contribution < -0.4 is 19.8 Å². The number of benzene rings is 4. The van der Waals surface area contributed by atoms with Gasteiger partial charge in [-0.15, -0.1) is 0 Å². The van der Waals surface area contributed by atoms with E-state index in [9.17, 15) is 19.2 Å². The normalized spacial score (nSPS) is 12.5. The molecule has 1 aliphatic heterocycles. The van der Waals surface area contributed by atoms with Gasteiger partial charge in [0.15, 0.2) is 0 Å². The Kier molecular flexibility index (Phi) is 6.00. The number of fused-ring (bicyclic) bond motifs is 2. The van der Waals surface area contributed by atoms with E-state index in [0.717, 1.165) is 16.0 Å². The smallest absolute Gasteiger partial charge is 0.343 e. The lowest BCUT2D eigenvalue weighted by atomic mass is 10.1. The fourth-order valence-corrected chi connectivity index (χ4v) is 4.50. The molecule has 2 heterocycles. The van der Waals surface area contributed by atoms with Gasteiger partial charge in [-0.05, 0) is 79.6 Å². The fraction of sp³-hybridized carbons (Fsp3) is 0.0625. The summed E-state index contributed by atoms with van der Waals surface area (Å²) in [7, 11) is 0. The van der Waals surface area contributed by atoms with Gasteiger partial charge in [0.1, 0.15) is 23.3 Å². The zero-order valence-electron chi connectivity index (χ0n) is 21.5. The molecular weight excluding hydrogens is 510 g/mol. The zero-order valence-corrected chi connectivity index (χ0v) is 21.5. The number of hydrogen-bond donors (Lipinski definition) is 0. The van der Waals surface area contributed by atoms with Gasteiger partial charge in [-0.2, -0.15) is 0 Å². The summed E-state index contributed by atoms with van der Waals surface area (Å²) in [5, 5.41) is 0.271. The highest BCUT2D eigenvalue weighted by atomic mass is 16.5. The average molecular weight is 532 g/mol. The Labute approximate surface area is 228 Å². The summed E-state index contributed by atoms with van der Waals surface area (Å²) in [5.41, 5.74) is 2.96. The van der Waals surface area contributed by atoms with Crippen LogP contribution >= 0.6 is 0 Å². The minimum Gasteiger partial charge on any atom is -0.460 e. The molecule has 8 heteroatoms. The number of ether oxygens (including phenoxy) is 2. The van der Waals surface area contributed by atoms with Gasteiger partial charge in [0.2, 0.25) is 11.2 Å². The van der Waals surface area contributed by atoms with Crippen LogP contribution in [0, 0.1) is 13.8 Å². The summed E-state index contributed by atoms with van der Waals surface area (Å²) >= 11 is 0. The molecule has 0 saturated heterocycles. The molecule has 0 spiro atoms. The second-order valence-electron chi connectivity index (χ2n) is 9.39. The molecule has 0 atom stereocenters. The zero-order chi connectivity index (χ0) is 28.0. The van der Waals surface area contributed by atoms with Crippen molar-refractivity contribution >= 4 is 34.4 Å². The van der Waals surface area contributed by atoms with E-state index in [-0.39, 0.29) is 33.5 Å². The van der Waals surface area contributed by atoms with Crippen molar-refractivity contribution in [2.75, 3.05) is 4.90 Å². The van der Waals surface area contributed by atoms with Gasteiger partial charge < -0.3 is 13.9 Å². The van der Waals surface area contributed by atoms with E-state index in [1.807, 2.05) is 32.0 Å². The van der Waals surface area contributed by atoms with Gasteiger partial charge >= 0.3 is 5.97 Å². The highest BCUT2D eigenvalue weighted by molar-refractivity contribution is 6.34. The molecule has 6 rings (SSSR count). The van der Waals surface area contributed by atoms with Crippen molar-refractivity contribution in [3.63, 3.8) is 0 Å². The topological polar surface area (TPSA) is 103 Å². The van der Waals surface area contributed by atoms with Crippen LogP contribution in [0.25, 0.3) is 11.0 Å². The Bertz CT molecular complexity index is 1870. The second-order valence-corrected chi connectivity index (χ2v) is 9.39. The monoisotopic (exact) mass is 531 g/mol. The SMILES string of the molecule is Cc1ccc(C)c(Oc2coc3cc(OC(=O)c4ccc(N5C(=O)c6ccccc6C5=O)cc4)ccc3c2=O)c1. The standard InChI is InChI=1S/C32H21NO7/c1-18-7-8-19(2)26(15-18)40-28-17-38-27-16-22(13-14-25(27)29(28)34)39-32(37)20-9-11-21(12-10-20)33-30(35)23-5-3-4-6-24(23)31(33)36/h3-17H,1-2H3. The van der Waals surface area contributed by atoms with Crippen molar-refractivity contribution in [3.8, 4) is 17.2 Å². The van der Waals surface area contributed by atoms with Crippen molar-refractivity contribution in [2.45, 2.75) is 13.8 Å². The molecule has 0 fully saturated rings. The number of nitrogens with zero attached hydrogens (tertiary/aromatic N) is 1. The third-order valence-corrected chi connectivity index (χ3v) is 6.64. The van der Waals surface area contributed by atoms with E-state index in [1.54, 1.807) is 24.3 Å². The molecular formula is C32H21NO7. The molecule has 4 aromatic carbocycles. The maximum Gasteiger partial charge on any atom is 0.343 e. The van der Waals surface area contributed by atoms with Crippen LogP contribution in [0.5, 0.6) is 17.2 Å².